The summed E-state index contributed by atoms with van der Waals surface area (Å²) in [4.78, 5) is -0.563. The van der Waals surface area contributed by atoms with Gasteiger partial charge in [-0.2, -0.15) is 8.42 Å². The molecule has 1 radical (unpaired) electrons. The molecule has 0 aliphatic rings. The summed E-state index contributed by atoms with van der Waals surface area (Å²) in [6.07, 6.45) is 0. The first-order valence-corrected chi connectivity index (χ1v) is 4.74. The van der Waals surface area contributed by atoms with Crippen molar-refractivity contribution in [2.24, 2.45) is 0 Å². The van der Waals surface area contributed by atoms with Crippen LogP contribution >= 0.6 is 0 Å². The Morgan fingerprint density at radius 3 is 2.36 bits per heavy atom. The Morgan fingerprint density at radius 1 is 1.36 bits per heavy atom. The largest absolute Gasteiger partial charge is 0.503 e. The van der Waals surface area contributed by atoms with E-state index in [2.05, 4.69) is 4.74 Å². The zero-order chi connectivity index (χ0) is 10.1. The van der Waals surface area contributed by atoms with Gasteiger partial charge < -0.3 is 9.84 Å². The van der Waals surface area contributed by atoms with Gasteiger partial charge in [-0.3, -0.25) is 4.55 Å². The van der Waals surface area contributed by atoms with Gasteiger partial charge in [-0.05, 0) is 12.1 Å². The molecule has 0 amide bonds. The third-order valence-corrected chi connectivity index (χ3v) is 2.35. The van der Waals surface area contributed by atoms with Crippen molar-refractivity contribution in [3.05, 3.63) is 18.2 Å². The van der Waals surface area contributed by atoms with Crippen LogP contribution in [0.5, 0.6) is 11.5 Å². The van der Waals surface area contributed by atoms with Crippen LogP contribution < -0.4 is 4.74 Å². The fourth-order valence-electron chi connectivity index (χ4n) is 0.875. The Hall–Kier alpha value is 0.366. The number of hydrogen-bond acceptors (Lipinski definition) is 4. The molecule has 1 rings (SSSR count). The molecule has 0 saturated carbocycles. The van der Waals surface area contributed by atoms with E-state index in [1.165, 1.54) is 19.2 Å². The number of ether oxygens (including phenoxy) is 1. The van der Waals surface area contributed by atoms with Crippen molar-refractivity contribution in [3.8, 4) is 11.5 Å². The Bertz CT molecular complexity index is 414. The summed E-state index contributed by atoms with van der Waals surface area (Å²) in [6.45, 7) is 0. The normalized spacial score (nSPS) is 10.4. The molecular formula is C7H8KO5S. The maximum Gasteiger partial charge on any atom is 0.298 e. The first kappa shape index (κ1) is 14.4. The molecule has 0 aliphatic heterocycles. The number of para-hydroxylation sites is 1. The number of aromatic hydroxyl groups is 1. The molecule has 0 aliphatic carbocycles. The summed E-state index contributed by atoms with van der Waals surface area (Å²) in [7, 11) is -3.12. The van der Waals surface area contributed by atoms with Crippen LogP contribution in [0, 0.1) is 0 Å². The van der Waals surface area contributed by atoms with E-state index in [-0.39, 0.29) is 57.1 Å². The molecule has 0 unspecified atom stereocenters. The number of hydrogen-bond donors (Lipinski definition) is 2. The SMILES string of the molecule is COc1cccc(S(=O)(=O)O)c1O.[K]. The van der Waals surface area contributed by atoms with Crippen LogP contribution in [-0.4, -0.2) is 76.6 Å². The Morgan fingerprint density at radius 2 is 1.93 bits per heavy atom. The van der Waals surface area contributed by atoms with Crippen LogP contribution in [0.2, 0.25) is 0 Å². The molecule has 5 nitrogen and oxygen atoms in total. The first-order valence-electron chi connectivity index (χ1n) is 3.30. The monoisotopic (exact) mass is 243 g/mol. The van der Waals surface area contributed by atoms with Crippen LogP contribution in [0.25, 0.3) is 0 Å². The molecule has 2 N–H and O–H groups in total. The summed E-state index contributed by atoms with van der Waals surface area (Å²) in [6, 6.07) is 3.80. The third kappa shape index (κ3) is 3.19. The van der Waals surface area contributed by atoms with Crippen molar-refractivity contribution in [1.82, 2.24) is 0 Å². The van der Waals surface area contributed by atoms with Gasteiger partial charge in [0.25, 0.3) is 10.1 Å². The average Bonchev–Trinajstić information content (AvgIpc) is 2.02. The molecule has 0 fully saturated rings. The summed E-state index contributed by atoms with van der Waals surface area (Å²) in [5, 5.41) is 9.26. The van der Waals surface area contributed by atoms with Gasteiger partial charge in [0.1, 0.15) is 4.90 Å². The van der Waals surface area contributed by atoms with Crippen molar-refractivity contribution in [2.75, 3.05) is 7.11 Å². The van der Waals surface area contributed by atoms with Crippen LogP contribution in [0.15, 0.2) is 23.1 Å². The predicted molar refractivity (Wildman–Crippen MR) is 50.2 cm³/mol. The van der Waals surface area contributed by atoms with Crippen molar-refractivity contribution in [3.63, 3.8) is 0 Å². The quantitative estimate of drug-likeness (QED) is 0.575. The molecule has 1 aromatic rings. The number of rotatable bonds is 2. The minimum absolute atomic E-state index is 0. The van der Waals surface area contributed by atoms with E-state index in [0.29, 0.717) is 0 Å². The van der Waals surface area contributed by atoms with E-state index in [9.17, 15) is 13.5 Å². The Kier molecular flexibility index (Phi) is 5.59. The maximum atomic E-state index is 10.7. The molecule has 0 spiro atoms. The number of benzene rings is 1. The minimum Gasteiger partial charge on any atom is -0.503 e. The molecule has 0 aromatic heterocycles. The molecule has 0 heterocycles. The minimum atomic E-state index is -4.40. The fourth-order valence-corrected chi connectivity index (χ4v) is 1.47. The van der Waals surface area contributed by atoms with Crippen LogP contribution in [0.3, 0.4) is 0 Å². The van der Waals surface area contributed by atoms with Gasteiger partial charge in [-0.1, -0.05) is 6.07 Å². The van der Waals surface area contributed by atoms with Crippen LogP contribution in [0.1, 0.15) is 0 Å². The smallest absolute Gasteiger partial charge is 0.298 e. The Labute approximate surface area is 124 Å². The van der Waals surface area contributed by atoms with Crippen molar-refractivity contribution in [1.29, 1.82) is 0 Å². The number of phenols is 1. The van der Waals surface area contributed by atoms with Crippen LogP contribution in [0.4, 0.5) is 0 Å². The van der Waals surface area contributed by atoms with Gasteiger partial charge >= 0.3 is 0 Å². The number of methoxy groups -OCH3 is 1. The van der Waals surface area contributed by atoms with E-state index in [0.717, 1.165) is 6.07 Å². The second-order valence-corrected chi connectivity index (χ2v) is 3.67. The fraction of sp³-hybridized carbons (Fsp3) is 0.143. The summed E-state index contributed by atoms with van der Waals surface area (Å²) >= 11 is 0. The van der Waals surface area contributed by atoms with Gasteiger partial charge in [0.15, 0.2) is 11.5 Å². The van der Waals surface area contributed by atoms with E-state index < -0.39 is 20.8 Å². The molecule has 0 saturated heterocycles. The molecule has 73 valence electrons. The molecule has 7 heteroatoms. The van der Waals surface area contributed by atoms with E-state index in [1.54, 1.807) is 0 Å². The third-order valence-electron chi connectivity index (χ3n) is 1.46. The topological polar surface area (TPSA) is 83.8 Å². The van der Waals surface area contributed by atoms with Gasteiger partial charge in [-0.15, -0.1) is 0 Å². The zero-order valence-corrected chi connectivity index (χ0v) is 11.7. The zero-order valence-electron chi connectivity index (χ0n) is 7.76. The summed E-state index contributed by atoms with van der Waals surface area (Å²) < 4.78 is 34.6. The average molecular weight is 243 g/mol. The first-order chi connectivity index (χ1) is 5.96. The number of phenolic OH excluding ortho intramolecular Hbond substituents is 1. The maximum absolute atomic E-state index is 10.7. The molecule has 0 bridgehead atoms. The van der Waals surface area contributed by atoms with E-state index in [4.69, 9.17) is 4.55 Å². The predicted octanol–water partition coefficient (Wildman–Crippen LogP) is 0.267. The van der Waals surface area contributed by atoms with Gasteiger partial charge in [0, 0.05) is 51.4 Å². The van der Waals surface area contributed by atoms with Crippen molar-refractivity contribution in [2.45, 2.75) is 4.90 Å². The Balaban J connectivity index is 0.00000169. The second-order valence-electron chi connectivity index (χ2n) is 2.28. The molecule has 0 atom stereocenters. The van der Waals surface area contributed by atoms with Gasteiger partial charge in [0.2, 0.25) is 0 Å². The standard InChI is InChI=1S/C7H8O5S.K/c1-12-5-3-2-4-6(7(5)8)13(9,10)11;/h2-4,8H,1H3,(H,9,10,11);. The summed E-state index contributed by atoms with van der Waals surface area (Å²) in [5.41, 5.74) is 0. The second kappa shape index (κ2) is 5.45. The molecule has 14 heavy (non-hydrogen) atoms. The van der Waals surface area contributed by atoms with Crippen LogP contribution in [-0.2, 0) is 10.1 Å². The van der Waals surface area contributed by atoms with Crippen molar-refractivity contribution < 1.29 is 22.8 Å². The molecule has 1 aromatic carbocycles. The van der Waals surface area contributed by atoms with Crippen molar-refractivity contribution >= 4 is 61.5 Å². The van der Waals surface area contributed by atoms with E-state index in [1.807, 2.05) is 0 Å². The summed E-state index contributed by atoms with van der Waals surface area (Å²) in [5.74, 6) is -0.595. The molecular weight excluding hydrogens is 235 g/mol. The van der Waals surface area contributed by atoms with Gasteiger partial charge in [-0.25, -0.2) is 0 Å². The van der Waals surface area contributed by atoms with Gasteiger partial charge in [0.05, 0.1) is 7.11 Å². The van der Waals surface area contributed by atoms with E-state index >= 15 is 0 Å².